The molecular formula is C8H9Cl4OP. The van der Waals surface area contributed by atoms with Crippen LogP contribution in [0.15, 0.2) is 18.2 Å². The summed E-state index contributed by atoms with van der Waals surface area (Å²) < 4.78 is 1.17. The summed E-state index contributed by atoms with van der Waals surface area (Å²) in [7, 11) is 0. The summed E-state index contributed by atoms with van der Waals surface area (Å²) in [5, 5.41) is 0. The Morgan fingerprint density at radius 1 is 1.07 bits per heavy atom. The number of hydrogen-bond donors (Lipinski definition) is 0. The molecule has 0 aromatic heterocycles. The zero-order valence-electron chi connectivity index (χ0n) is 7.60. The summed E-state index contributed by atoms with van der Waals surface area (Å²) in [6, 6.07) is 5.61. The maximum atomic E-state index is 5.65. The fraction of sp³-hybridized carbons (Fsp3) is 0.250. The predicted molar refractivity (Wildman–Crippen MR) is 66.9 cm³/mol. The van der Waals surface area contributed by atoms with E-state index in [0.717, 1.165) is 11.1 Å². The Hall–Kier alpha value is 0.610. The van der Waals surface area contributed by atoms with E-state index in [-0.39, 0.29) is 0 Å². The van der Waals surface area contributed by atoms with Gasteiger partial charge in [-0.25, -0.2) is 0 Å². The van der Waals surface area contributed by atoms with Crippen molar-refractivity contribution in [2.24, 2.45) is 0 Å². The summed E-state index contributed by atoms with van der Waals surface area (Å²) in [6.07, 6.45) is 0. The second-order valence-electron chi connectivity index (χ2n) is 3.02. The van der Waals surface area contributed by atoms with Gasteiger partial charge in [-0.15, -0.1) is 0 Å². The van der Waals surface area contributed by atoms with E-state index in [9.17, 15) is 0 Å². The standard InChI is InChI=1S/C8H9Cl4OP/c1-6-3-4-7(2)8(5-6)13-14(9,10,11)12/h3-5H,1-2H3. The van der Waals surface area contributed by atoms with Crippen LogP contribution in [0, 0.1) is 13.8 Å². The van der Waals surface area contributed by atoms with Gasteiger partial charge in [-0.05, 0) is 0 Å². The molecule has 0 aliphatic heterocycles. The first kappa shape index (κ1) is 12.7. The van der Waals surface area contributed by atoms with E-state index in [4.69, 9.17) is 49.5 Å². The van der Waals surface area contributed by atoms with E-state index in [1.54, 1.807) is 6.07 Å². The van der Waals surface area contributed by atoms with Crippen LogP contribution >= 0.6 is 49.2 Å². The normalized spacial score (nSPS) is 14.6. The van der Waals surface area contributed by atoms with Crippen molar-refractivity contribution in [3.05, 3.63) is 29.3 Å². The van der Waals surface area contributed by atoms with Crippen LogP contribution in [0.4, 0.5) is 0 Å². The zero-order chi connectivity index (χ0) is 11.0. The van der Waals surface area contributed by atoms with Crippen LogP contribution in [-0.2, 0) is 0 Å². The van der Waals surface area contributed by atoms with Crippen molar-refractivity contribution in [1.82, 2.24) is 0 Å². The van der Waals surface area contributed by atoms with E-state index < -0.39 is 4.24 Å². The average Bonchev–Trinajstić information content (AvgIpc) is 1.92. The molecule has 0 atom stereocenters. The van der Waals surface area contributed by atoms with Gasteiger partial charge in [0.1, 0.15) is 0 Å². The van der Waals surface area contributed by atoms with Crippen molar-refractivity contribution >= 4 is 49.2 Å². The van der Waals surface area contributed by atoms with E-state index in [1.165, 1.54) is 0 Å². The van der Waals surface area contributed by atoms with E-state index in [0.29, 0.717) is 5.75 Å². The summed E-state index contributed by atoms with van der Waals surface area (Å²) in [6.45, 7) is 3.78. The molecule has 1 nitrogen and oxygen atoms in total. The van der Waals surface area contributed by atoms with Crippen molar-refractivity contribution in [3.63, 3.8) is 0 Å². The van der Waals surface area contributed by atoms with Crippen LogP contribution in [-0.4, -0.2) is 0 Å². The van der Waals surface area contributed by atoms with Gasteiger partial charge >= 0.3 is 103 Å². The molecule has 0 radical (unpaired) electrons. The van der Waals surface area contributed by atoms with E-state index in [2.05, 4.69) is 0 Å². The third kappa shape index (κ3) is 4.42. The summed E-state index contributed by atoms with van der Waals surface area (Å²) >= 11 is 22.6. The van der Waals surface area contributed by atoms with Gasteiger partial charge in [-0.3, -0.25) is 0 Å². The van der Waals surface area contributed by atoms with E-state index >= 15 is 0 Å². The van der Waals surface area contributed by atoms with Crippen LogP contribution < -0.4 is 4.52 Å². The summed E-state index contributed by atoms with van der Waals surface area (Å²) in [5.41, 5.74) is 1.90. The molecule has 0 saturated heterocycles. The third-order valence-corrected chi connectivity index (χ3v) is 2.88. The van der Waals surface area contributed by atoms with Gasteiger partial charge in [0, 0.05) is 0 Å². The van der Waals surface area contributed by atoms with Gasteiger partial charge < -0.3 is 0 Å². The molecule has 1 rings (SSSR count). The molecule has 0 saturated carbocycles. The quantitative estimate of drug-likeness (QED) is 0.629. The first-order valence-corrected chi connectivity index (χ1v) is 9.57. The van der Waals surface area contributed by atoms with Crippen LogP contribution in [0.1, 0.15) is 11.1 Å². The fourth-order valence-electron chi connectivity index (χ4n) is 0.954. The fourth-order valence-corrected chi connectivity index (χ4v) is 2.34. The van der Waals surface area contributed by atoms with Crippen molar-refractivity contribution < 1.29 is 4.52 Å². The topological polar surface area (TPSA) is 9.23 Å². The number of rotatable bonds is 2. The van der Waals surface area contributed by atoms with Gasteiger partial charge in [-0.2, -0.15) is 0 Å². The second kappa shape index (κ2) is 3.88. The van der Waals surface area contributed by atoms with Gasteiger partial charge in [0.25, 0.3) is 0 Å². The first-order chi connectivity index (χ1) is 6.13. The Kier molecular flexibility index (Phi) is 3.52. The van der Waals surface area contributed by atoms with Crippen LogP contribution in [0.5, 0.6) is 5.75 Å². The number of benzene rings is 1. The molecule has 0 bridgehead atoms. The molecule has 0 unspecified atom stereocenters. The molecular weight excluding hydrogens is 285 g/mol. The minimum atomic E-state index is -4.02. The van der Waals surface area contributed by atoms with Gasteiger partial charge in [0.2, 0.25) is 0 Å². The minimum absolute atomic E-state index is 0.512. The van der Waals surface area contributed by atoms with Crippen LogP contribution in [0.2, 0.25) is 0 Å². The van der Waals surface area contributed by atoms with Gasteiger partial charge in [0.05, 0.1) is 0 Å². The Balaban J connectivity index is 3.04. The Labute approximate surface area is 102 Å². The molecule has 80 valence electrons. The van der Waals surface area contributed by atoms with Crippen LogP contribution in [0.25, 0.3) is 0 Å². The van der Waals surface area contributed by atoms with Gasteiger partial charge in [0.15, 0.2) is 0 Å². The molecule has 0 fully saturated rings. The van der Waals surface area contributed by atoms with Gasteiger partial charge in [-0.1, -0.05) is 0 Å². The van der Waals surface area contributed by atoms with Crippen molar-refractivity contribution in [2.75, 3.05) is 0 Å². The summed E-state index contributed by atoms with van der Waals surface area (Å²) in [4.78, 5) is 0. The van der Waals surface area contributed by atoms with Crippen molar-refractivity contribution in [3.8, 4) is 5.75 Å². The first-order valence-electron chi connectivity index (χ1n) is 3.80. The molecule has 0 aliphatic rings. The summed E-state index contributed by atoms with van der Waals surface area (Å²) in [5.74, 6) is 0.512. The Morgan fingerprint density at radius 3 is 2.14 bits per heavy atom. The van der Waals surface area contributed by atoms with Crippen molar-refractivity contribution in [2.45, 2.75) is 13.8 Å². The average molecular weight is 294 g/mol. The number of aryl methyl sites for hydroxylation is 2. The molecule has 0 amide bonds. The monoisotopic (exact) mass is 292 g/mol. The molecule has 0 aliphatic carbocycles. The molecule has 0 N–H and O–H groups in total. The van der Waals surface area contributed by atoms with Crippen LogP contribution in [0.3, 0.4) is 0 Å². The molecule has 0 spiro atoms. The molecule has 1 aromatic rings. The van der Waals surface area contributed by atoms with E-state index in [1.807, 2.05) is 26.0 Å². The molecule has 6 heteroatoms. The second-order valence-corrected chi connectivity index (χ2v) is 15.4. The van der Waals surface area contributed by atoms with Crippen molar-refractivity contribution in [1.29, 1.82) is 0 Å². The SMILES string of the molecule is Cc1ccc(C)c(OP(Cl)(Cl)(Cl)Cl)c1. The predicted octanol–water partition coefficient (Wildman–Crippen LogP) is 5.77. The third-order valence-electron chi connectivity index (χ3n) is 1.58. The number of halogens is 4. The molecule has 0 heterocycles. The molecule has 14 heavy (non-hydrogen) atoms. The zero-order valence-corrected chi connectivity index (χ0v) is 11.5. The maximum absolute atomic E-state index is 5.65. The Morgan fingerprint density at radius 2 is 1.64 bits per heavy atom. The Bertz CT molecular complexity index is 349. The molecule has 1 aromatic carbocycles. The number of hydrogen-bond acceptors (Lipinski definition) is 1.